The fourth-order valence-corrected chi connectivity index (χ4v) is 5.01. The van der Waals surface area contributed by atoms with Crippen molar-refractivity contribution in [1.82, 2.24) is 4.90 Å². The molecule has 0 unspecified atom stereocenters. The van der Waals surface area contributed by atoms with Gasteiger partial charge in [0.05, 0.1) is 18.1 Å². The monoisotopic (exact) mass is 538 g/mol. The summed E-state index contributed by atoms with van der Waals surface area (Å²) in [5.41, 5.74) is 2.24. The number of benzene rings is 4. The molecule has 1 heterocycles. The molecule has 39 heavy (non-hydrogen) atoms. The second kappa shape index (κ2) is 11.9. The molecule has 0 atom stereocenters. The lowest BCUT2D eigenvalue weighted by molar-refractivity contribution is -0.123. The summed E-state index contributed by atoms with van der Waals surface area (Å²) in [6, 6.07) is 28.2. The number of thioether (sulfide) groups is 1. The van der Waals surface area contributed by atoms with Crippen molar-refractivity contribution in [3.63, 3.8) is 0 Å². The van der Waals surface area contributed by atoms with Gasteiger partial charge >= 0.3 is 0 Å². The highest BCUT2D eigenvalue weighted by molar-refractivity contribution is 8.18. The Morgan fingerprint density at radius 1 is 0.872 bits per heavy atom. The fourth-order valence-electron chi connectivity index (χ4n) is 4.17. The molecule has 4 aromatic rings. The van der Waals surface area contributed by atoms with Gasteiger partial charge in [0.25, 0.3) is 17.1 Å². The van der Waals surface area contributed by atoms with Crippen LogP contribution in [0, 0.1) is 0 Å². The van der Waals surface area contributed by atoms with Gasteiger partial charge in [0.15, 0.2) is 18.1 Å². The minimum absolute atomic E-state index is 0.192. The van der Waals surface area contributed by atoms with Crippen molar-refractivity contribution in [2.75, 3.05) is 18.5 Å². The van der Waals surface area contributed by atoms with Gasteiger partial charge in [0.2, 0.25) is 0 Å². The van der Waals surface area contributed by atoms with E-state index in [1.807, 2.05) is 67.6 Å². The Labute approximate surface area is 230 Å². The summed E-state index contributed by atoms with van der Waals surface area (Å²) in [6.07, 6.45) is 1.67. The third kappa shape index (κ3) is 6.30. The number of carbonyl (C=O) groups excluding carboxylic acids is 3. The molecule has 0 aromatic heterocycles. The van der Waals surface area contributed by atoms with Crippen LogP contribution in [-0.2, 0) is 16.1 Å². The fraction of sp³-hybridized carbons (Fsp3) is 0.129. The van der Waals surface area contributed by atoms with Crippen LogP contribution in [0.1, 0.15) is 18.1 Å². The zero-order valence-electron chi connectivity index (χ0n) is 21.3. The van der Waals surface area contributed by atoms with Crippen LogP contribution in [0.2, 0.25) is 0 Å². The number of hydrogen-bond donors (Lipinski definition) is 1. The van der Waals surface area contributed by atoms with Gasteiger partial charge in [-0.15, -0.1) is 0 Å². The number of fused-ring (bicyclic) bond motifs is 1. The number of ether oxygens (including phenoxy) is 2. The minimum atomic E-state index is -0.339. The van der Waals surface area contributed by atoms with Crippen LogP contribution >= 0.6 is 11.8 Å². The zero-order chi connectivity index (χ0) is 27.2. The summed E-state index contributed by atoms with van der Waals surface area (Å²) in [5, 5.41) is 4.62. The number of nitrogens with one attached hydrogen (secondary N) is 1. The first-order valence-electron chi connectivity index (χ1n) is 12.5. The smallest absolute Gasteiger partial charge is 0.293 e. The van der Waals surface area contributed by atoms with E-state index in [2.05, 4.69) is 5.32 Å². The molecular formula is C31H26N2O5S. The van der Waals surface area contributed by atoms with Crippen LogP contribution < -0.4 is 14.8 Å². The number of rotatable bonds is 9. The molecule has 1 aliphatic heterocycles. The Kier molecular flexibility index (Phi) is 7.94. The SMILES string of the molecule is CCOc1cc(/C=C2\SC(=O)N(Cc3ccc4ccccc4c3)C2=O)ccc1OCC(=O)Nc1ccccc1. The highest BCUT2D eigenvalue weighted by atomic mass is 32.2. The Bertz CT molecular complexity index is 1570. The third-order valence-electron chi connectivity index (χ3n) is 6.01. The molecule has 5 rings (SSSR count). The van der Waals surface area contributed by atoms with Crippen LogP contribution in [0.15, 0.2) is 95.9 Å². The standard InChI is InChI=1S/C31H26N2O5S/c1-2-37-27-17-21(13-15-26(27)38-20-29(34)32-25-10-4-3-5-11-25)18-28-30(35)33(31(36)39-28)19-22-12-14-23-8-6-7-9-24(23)16-22/h3-18H,2,19-20H2,1H3,(H,32,34)/b28-18-. The van der Waals surface area contributed by atoms with Gasteiger partial charge in [0, 0.05) is 5.69 Å². The van der Waals surface area contributed by atoms with E-state index in [0.717, 1.165) is 28.1 Å². The summed E-state index contributed by atoms with van der Waals surface area (Å²) in [5.74, 6) is 0.206. The van der Waals surface area contributed by atoms with E-state index in [-0.39, 0.29) is 30.2 Å². The van der Waals surface area contributed by atoms with Crippen LogP contribution in [0.25, 0.3) is 16.8 Å². The van der Waals surface area contributed by atoms with Gasteiger partial charge in [-0.2, -0.15) is 0 Å². The van der Waals surface area contributed by atoms with E-state index in [1.165, 1.54) is 4.90 Å². The van der Waals surface area contributed by atoms with Crippen LogP contribution in [0.5, 0.6) is 11.5 Å². The molecule has 0 bridgehead atoms. The highest BCUT2D eigenvalue weighted by Gasteiger charge is 2.35. The molecule has 0 radical (unpaired) electrons. The lowest BCUT2D eigenvalue weighted by Crippen LogP contribution is -2.27. The van der Waals surface area contributed by atoms with E-state index >= 15 is 0 Å². The van der Waals surface area contributed by atoms with Crippen molar-refractivity contribution < 1.29 is 23.9 Å². The number of hydrogen-bond acceptors (Lipinski definition) is 6. The molecule has 1 fully saturated rings. The number of nitrogens with zero attached hydrogens (tertiary/aromatic N) is 1. The average molecular weight is 539 g/mol. The second-order valence-corrected chi connectivity index (χ2v) is 9.78. The zero-order valence-corrected chi connectivity index (χ0v) is 22.1. The van der Waals surface area contributed by atoms with Crippen molar-refractivity contribution in [2.24, 2.45) is 0 Å². The molecule has 196 valence electrons. The topological polar surface area (TPSA) is 84.9 Å². The van der Waals surface area contributed by atoms with Crippen LogP contribution in [0.3, 0.4) is 0 Å². The number of anilines is 1. The molecule has 4 aromatic carbocycles. The highest BCUT2D eigenvalue weighted by Crippen LogP contribution is 2.35. The number of carbonyl (C=O) groups is 3. The lowest BCUT2D eigenvalue weighted by atomic mass is 10.1. The van der Waals surface area contributed by atoms with Crippen molar-refractivity contribution in [1.29, 1.82) is 0 Å². The molecule has 1 N–H and O–H groups in total. The average Bonchev–Trinajstić information content (AvgIpc) is 3.20. The first-order valence-corrected chi connectivity index (χ1v) is 13.3. The lowest BCUT2D eigenvalue weighted by Gasteiger charge is -2.13. The summed E-state index contributed by atoms with van der Waals surface area (Å²) in [4.78, 5) is 39.7. The molecule has 0 aliphatic carbocycles. The first kappa shape index (κ1) is 26.1. The van der Waals surface area contributed by atoms with Gasteiger partial charge in [0.1, 0.15) is 0 Å². The van der Waals surface area contributed by atoms with Gasteiger partial charge < -0.3 is 14.8 Å². The third-order valence-corrected chi connectivity index (χ3v) is 6.92. The molecule has 0 saturated carbocycles. The van der Waals surface area contributed by atoms with Gasteiger partial charge in [-0.05, 0) is 77.0 Å². The van der Waals surface area contributed by atoms with Gasteiger partial charge in [-0.1, -0.05) is 60.7 Å². The Morgan fingerprint density at radius 3 is 2.44 bits per heavy atom. The number of imide groups is 1. The maximum atomic E-state index is 13.1. The Morgan fingerprint density at radius 2 is 1.64 bits per heavy atom. The summed E-state index contributed by atoms with van der Waals surface area (Å²) in [6.45, 7) is 2.24. The van der Waals surface area contributed by atoms with Crippen LogP contribution in [-0.4, -0.2) is 35.2 Å². The quantitative estimate of drug-likeness (QED) is 0.245. The van der Waals surface area contributed by atoms with E-state index < -0.39 is 0 Å². The van der Waals surface area contributed by atoms with E-state index in [1.54, 1.807) is 36.4 Å². The van der Waals surface area contributed by atoms with Crippen molar-refractivity contribution in [3.05, 3.63) is 107 Å². The van der Waals surface area contributed by atoms with E-state index in [9.17, 15) is 14.4 Å². The van der Waals surface area contributed by atoms with Crippen molar-refractivity contribution >= 4 is 51.4 Å². The number of para-hydroxylation sites is 1. The normalized spacial score (nSPS) is 14.2. The molecule has 3 amide bonds. The van der Waals surface area contributed by atoms with Gasteiger partial charge in [-0.3, -0.25) is 19.3 Å². The summed E-state index contributed by atoms with van der Waals surface area (Å²) >= 11 is 0.912. The molecule has 1 aliphatic rings. The van der Waals surface area contributed by atoms with Crippen molar-refractivity contribution in [2.45, 2.75) is 13.5 Å². The molecule has 0 spiro atoms. The van der Waals surface area contributed by atoms with Crippen molar-refractivity contribution in [3.8, 4) is 11.5 Å². The van der Waals surface area contributed by atoms with E-state index in [4.69, 9.17) is 9.47 Å². The Balaban J connectivity index is 1.27. The van der Waals surface area contributed by atoms with Crippen LogP contribution in [0.4, 0.5) is 10.5 Å². The summed E-state index contributed by atoms with van der Waals surface area (Å²) < 4.78 is 11.4. The maximum Gasteiger partial charge on any atom is 0.293 e. The van der Waals surface area contributed by atoms with Gasteiger partial charge in [-0.25, -0.2) is 0 Å². The predicted octanol–water partition coefficient (Wildman–Crippen LogP) is 6.49. The molecular weight excluding hydrogens is 512 g/mol. The molecule has 8 heteroatoms. The maximum absolute atomic E-state index is 13.1. The second-order valence-electron chi connectivity index (χ2n) is 8.79. The molecule has 7 nitrogen and oxygen atoms in total. The largest absolute Gasteiger partial charge is 0.490 e. The molecule has 1 saturated heterocycles. The number of amides is 3. The predicted molar refractivity (Wildman–Crippen MR) is 154 cm³/mol. The minimum Gasteiger partial charge on any atom is -0.490 e. The first-order chi connectivity index (χ1) is 19.0. The Hall–Kier alpha value is -4.56. The van der Waals surface area contributed by atoms with E-state index in [0.29, 0.717) is 34.3 Å². The summed E-state index contributed by atoms with van der Waals surface area (Å²) in [7, 11) is 0.